The average molecular weight is 476 g/mol. The SMILES string of the molecule is N#Cc1nccc(NC(=O)c2[nH]cc(CS(=O)(=O)NC3CC(CF)(CF)C3)c2Cl)c1F. The molecule has 31 heavy (non-hydrogen) atoms. The van der Waals surface area contributed by atoms with Gasteiger partial charge in [0.15, 0.2) is 11.5 Å². The van der Waals surface area contributed by atoms with E-state index in [-0.39, 0.29) is 34.8 Å². The molecule has 2 aromatic heterocycles. The zero-order valence-electron chi connectivity index (χ0n) is 15.9. The molecular formula is C18H17ClF3N5O3S. The molecule has 166 valence electrons. The van der Waals surface area contributed by atoms with Crippen LogP contribution in [0.3, 0.4) is 0 Å². The smallest absolute Gasteiger partial charge is 0.273 e. The molecule has 2 aromatic rings. The number of rotatable bonds is 8. The van der Waals surface area contributed by atoms with E-state index in [0.29, 0.717) is 0 Å². The monoisotopic (exact) mass is 475 g/mol. The molecule has 1 amide bonds. The number of halogens is 4. The van der Waals surface area contributed by atoms with Gasteiger partial charge in [0, 0.05) is 29.4 Å². The van der Waals surface area contributed by atoms with Crippen molar-refractivity contribution < 1.29 is 26.4 Å². The zero-order chi connectivity index (χ0) is 22.8. The first kappa shape index (κ1) is 23.1. The zero-order valence-corrected chi connectivity index (χ0v) is 17.5. The fourth-order valence-corrected chi connectivity index (χ4v) is 5.08. The van der Waals surface area contributed by atoms with Crippen molar-refractivity contribution in [2.45, 2.75) is 24.6 Å². The van der Waals surface area contributed by atoms with Gasteiger partial charge in [0.2, 0.25) is 10.0 Å². The standard InChI is InChI=1S/C18H17ClF3N5O3S/c19-14-10(7-31(29,30)27-11-3-18(4-11,8-20)9-21)6-25-16(14)17(28)26-12-1-2-24-13(5-23)15(12)22/h1-2,6,11,25,27H,3-4,7-9H2,(H,24,26,28). The maximum Gasteiger partial charge on any atom is 0.273 e. The molecule has 3 N–H and O–H groups in total. The molecule has 0 atom stereocenters. The van der Waals surface area contributed by atoms with Gasteiger partial charge in [-0.25, -0.2) is 22.5 Å². The number of H-pyrrole nitrogens is 1. The Morgan fingerprint density at radius 3 is 2.68 bits per heavy atom. The Kier molecular flexibility index (Phi) is 6.59. The van der Waals surface area contributed by atoms with Crippen molar-refractivity contribution in [2.24, 2.45) is 5.41 Å². The van der Waals surface area contributed by atoms with Crippen molar-refractivity contribution in [3.8, 4) is 6.07 Å². The Hall–Kier alpha value is -2.62. The molecular weight excluding hydrogens is 459 g/mol. The number of anilines is 1. The van der Waals surface area contributed by atoms with E-state index in [9.17, 15) is 26.4 Å². The minimum atomic E-state index is -3.91. The summed E-state index contributed by atoms with van der Waals surface area (Å²) in [5, 5.41) is 10.8. The summed E-state index contributed by atoms with van der Waals surface area (Å²) in [6.07, 6.45) is 2.46. The van der Waals surface area contributed by atoms with Crippen molar-refractivity contribution in [3.63, 3.8) is 0 Å². The van der Waals surface area contributed by atoms with Crippen LogP contribution in [0, 0.1) is 22.6 Å². The van der Waals surface area contributed by atoms with Gasteiger partial charge in [-0.1, -0.05) is 11.6 Å². The van der Waals surface area contributed by atoms with Gasteiger partial charge in [0.25, 0.3) is 5.91 Å². The minimum absolute atomic E-state index is 0.0515. The molecule has 13 heteroatoms. The topological polar surface area (TPSA) is 128 Å². The van der Waals surface area contributed by atoms with E-state index in [4.69, 9.17) is 16.9 Å². The van der Waals surface area contributed by atoms with Crippen LogP contribution in [0.5, 0.6) is 0 Å². The lowest BCUT2D eigenvalue weighted by Gasteiger charge is -2.44. The third-order valence-corrected chi connectivity index (χ3v) is 6.80. The number of pyridine rings is 1. The lowest BCUT2D eigenvalue weighted by Crippen LogP contribution is -2.53. The number of amides is 1. The third kappa shape index (κ3) is 4.84. The molecule has 1 saturated carbocycles. The average Bonchev–Trinajstić information content (AvgIpc) is 3.05. The highest BCUT2D eigenvalue weighted by molar-refractivity contribution is 7.88. The van der Waals surface area contributed by atoms with E-state index < -0.39 is 58.0 Å². The molecule has 0 spiro atoms. The molecule has 1 fully saturated rings. The Balaban J connectivity index is 1.67. The van der Waals surface area contributed by atoms with Gasteiger partial charge in [-0.2, -0.15) is 5.26 Å². The van der Waals surface area contributed by atoms with Gasteiger partial charge in [-0.3, -0.25) is 13.6 Å². The highest BCUT2D eigenvalue weighted by atomic mass is 35.5. The molecule has 0 aliphatic heterocycles. The van der Waals surface area contributed by atoms with Crippen LogP contribution in [0.4, 0.5) is 18.9 Å². The second-order valence-electron chi connectivity index (χ2n) is 7.34. The van der Waals surface area contributed by atoms with Crippen molar-refractivity contribution in [2.75, 3.05) is 18.7 Å². The summed E-state index contributed by atoms with van der Waals surface area (Å²) >= 11 is 6.12. The van der Waals surface area contributed by atoms with Gasteiger partial charge in [0.1, 0.15) is 11.8 Å². The molecule has 3 rings (SSSR count). The predicted molar refractivity (Wildman–Crippen MR) is 106 cm³/mol. The molecule has 1 aliphatic carbocycles. The maximum absolute atomic E-state index is 14.1. The number of hydrogen-bond donors (Lipinski definition) is 3. The molecule has 0 aromatic carbocycles. The van der Waals surface area contributed by atoms with Crippen LogP contribution in [0.15, 0.2) is 18.5 Å². The fraction of sp³-hybridized carbons (Fsp3) is 0.389. The fourth-order valence-electron chi connectivity index (χ4n) is 3.34. The lowest BCUT2D eigenvalue weighted by molar-refractivity contribution is 0.0334. The van der Waals surface area contributed by atoms with E-state index in [0.717, 1.165) is 12.3 Å². The number of aromatic nitrogens is 2. The maximum atomic E-state index is 14.1. The number of aromatic amines is 1. The summed E-state index contributed by atoms with van der Waals surface area (Å²) in [6, 6.07) is 2.10. The van der Waals surface area contributed by atoms with E-state index in [1.54, 1.807) is 6.07 Å². The van der Waals surface area contributed by atoms with Crippen LogP contribution >= 0.6 is 11.6 Å². The predicted octanol–water partition coefficient (Wildman–Crippen LogP) is 2.83. The summed E-state index contributed by atoms with van der Waals surface area (Å²) in [7, 11) is -3.91. The van der Waals surface area contributed by atoms with Gasteiger partial charge >= 0.3 is 0 Å². The van der Waals surface area contributed by atoms with Crippen LogP contribution in [-0.4, -0.2) is 43.7 Å². The van der Waals surface area contributed by atoms with E-state index in [2.05, 4.69) is 20.0 Å². The van der Waals surface area contributed by atoms with Gasteiger partial charge in [-0.05, 0) is 18.9 Å². The number of carbonyl (C=O) groups excluding carboxylic acids is 1. The Labute approximate surface area is 180 Å². The van der Waals surface area contributed by atoms with E-state index in [1.807, 2.05) is 0 Å². The van der Waals surface area contributed by atoms with Crippen molar-refractivity contribution >= 4 is 33.2 Å². The molecule has 1 aliphatic rings. The summed E-state index contributed by atoms with van der Waals surface area (Å²) in [6.45, 7) is -1.73. The van der Waals surface area contributed by atoms with Crippen molar-refractivity contribution in [1.82, 2.24) is 14.7 Å². The summed E-state index contributed by atoms with van der Waals surface area (Å²) in [5.41, 5.74) is -2.06. The second kappa shape index (κ2) is 8.86. The highest BCUT2D eigenvalue weighted by Crippen LogP contribution is 2.42. The number of alkyl halides is 2. The first-order valence-corrected chi connectivity index (χ1v) is 11.0. The van der Waals surface area contributed by atoms with Crippen LogP contribution in [-0.2, 0) is 15.8 Å². The van der Waals surface area contributed by atoms with Gasteiger partial charge in [0.05, 0.1) is 29.8 Å². The normalized spacial score (nSPS) is 15.8. The lowest BCUT2D eigenvalue weighted by atomic mass is 9.67. The largest absolute Gasteiger partial charge is 0.356 e. The van der Waals surface area contributed by atoms with Crippen LogP contribution in [0.2, 0.25) is 5.02 Å². The summed E-state index contributed by atoms with van der Waals surface area (Å²) in [4.78, 5) is 18.5. The van der Waals surface area contributed by atoms with E-state index >= 15 is 0 Å². The number of sulfonamides is 1. The molecule has 2 heterocycles. The molecule has 0 unspecified atom stereocenters. The van der Waals surface area contributed by atoms with Crippen LogP contribution < -0.4 is 10.0 Å². The molecule has 8 nitrogen and oxygen atoms in total. The van der Waals surface area contributed by atoms with E-state index in [1.165, 1.54) is 6.20 Å². The highest BCUT2D eigenvalue weighted by Gasteiger charge is 2.46. The Bertz CT molecular complexity index is 1140. The third-order valence-electron chi connectivity index (χ3n) is 4.98. The first-order valence-electron chi connectivity index (χ1n) is 8.97. The van der Waals surface area contributed by atoms with Crippen molar-refractivity contribution in [1.29, 1.82) is 5.26 Å². The number of nitrogens with one attached hydrogen (secondary N) is 3. The van der Waals surface area contributed by atoms with Crippen molar-refractivity contribution in [3.05, 3.63) is 46.3 Å². The van der Waals surface area contributed by atoms with Crippen LogP contribution in [0.1, 0.15) is 34.6 Å². The number of hydrogen-bond acceptors (Lipinski definition) is 5. The first-order chi connectivity index (χ1) is 14.6. The van der Waals surface area contributed by atoms with Crippen LogP contribution in [0.25, 0.3) is 0 Å². The summed E-state index contributed by atoms with van der Waals surface area (Å²) < 4.78 is 66.9. The number of carbonyl (C=O) groups is 1. The number of nitrogens with zero attached hydrogens (tertiary/aromatic N) is 2. The Morgan fingerprint density at radius 1 is 1.39 bits per heavy atom. The quantitative estimate of drug-likeness (QED) is 0.541. The second-order valence-corrected chi connectivity index (χ2v) is 9.47. The molecule has 0 saturated heterocycles. The van der Waals surface area contributed by atoms with Gasteiger partial charge in [-0.15, -0.1) is 0 Å². The molecule has 0 radical (unpaired) electrons. The summed E-state index contributed by atoms with van der Waals surface area (Å²) in [5.74, 6) is -2.46. The minimum Gasteiger partial charge on any atom is -0.356 e. The molecule has 0 bridgehead atoms. The van der Waals surface area contributed by atoms with Gasteiger partial charge < -0.3 is 10.3 Å². The Morgan fingerprint density at radius 2 is 2.06 bits per heavy atom. The number of nitriles is 1.